The van der Waals surface area contributed by atoms with Gasteiger partial charge >= 0.3 is 0 Å². The molecule has 2 heterocycles. The van der Waals surface area contributed by atoms with Crippen LogP contribution < -0.4 is 10.0 Å². The summed E-state index contributed by atoms with van der Waals surface area (Å²) in [6.07, 6.45) is 4.02. The lowest BCUT2D eigenvalue weighted by Crippen LogP contribution is -2.47. The van der Waals surface area contributed by atoms with Gasteiger partial charge in [-0.05, 0) is 37.8 Å². The molecule has 0 amide bonds. The molecule has 2 fully saturated rings. The number of sulfonamides is 1. The second-order valence-electron chi connectivity index (χ2n) is 5.36. The van der Waals surface area contributed by atoms with Crippen LogP contribution in [0, 0.1) is 0 Å². The molecule has 0 saturated carbocycles. The molecule has 2 N–H and O–H groups in total. The minimum Gasteiger partial charge on any atom is -0.311 e. The van der Waals surface area contributed by atoms with Crippen LogP contribution in [0.4, 0.5) is 0 Å². The van der Waals surface area contributed by atoms with E-state index in [0.29, 0.717) is 12.1 Å². The van der Waals surface area contributed by atoms with Gasteiger partial charge in [-0.15, -0.1) is 12.4 Å². The fraction of sp³-hybridized carbons (Fsp3) is 0.538. The van der Waals surface area contributed by atoms with Crippen molar-refractivity contribution in [1.82, 2.24) is 10.0 Å². The Kier molecular flexibility index (Phi) is 4.97. The summed E-state index contributed by atoms with van der Waals surface area (Å²) < 4.78 is 27.5. The molecule has 2 aliphatic heterocycles. The Hall–Kier alpha value is -0.330. The predicted molar refractivity (Wildman–Crippen MR) is 82.0 cm³/mol. The van der Waals surface area contributed by atoms with E-state index >= 15 is 0 Å². The van der Waals surface area contributed by atoms with Gasteiger partial charge < -0.3 is 5.32 Å². The zero-order valence-electron chi connectivity index (χ0n) is 10.9. The van der Waals surface area contributed by atoms with Gasteiger partial charge in [-0.25, -0.2) is 13.1 Å². The molecule has 0 spiro atoms. The molecule has 2 saturated heterocycles. The van der Waals surface area contributed by atoms with Crippen molar-refractivity contribution < 1.29 is 8.42 Å². The van der Waals surface area contributed by atoms with Crippen molar-refractivity contribution in [3.63, 3.8) is 0 Å². The number of piperidine rings is 1. The zero-order chi connectivity index (χ0) is 13.5. The van der Waals surface area contributed by atoms with E-state index in [-0.39, 0.29) is 28.4 Å². The lowest BCUT2D eigenvalue weighted by molar-refractivity contribution is 0.345. The van der Waals surface area contributed by atoms with Crippen LogP contribution in [-0.2, 0) is 10.0 Å². The molecule has 7 heteroatoms. The van der Waals surface area contributed by atoms with Gasteiger partial charge in [0.05, 0.1) is 5.02 Å². The first-order valence-corrected chi connectivity index (χ1v) is 8.43. The van der Waals surface area contributed by atoms with E-state index in [0.717, 1.165) is 25.7 Å². The fourth-order valence-corrected chi connectivity index (χ4v) is 4.88. The standard InChI is InChI=1S/C13H17ClN2O2S.ClH/c14-12-3-1-2-4-13(12)19(17,18)16-11-7-9-5-6-10(8-11)15-9;/h1-4,9-11,15-16H,5-8H2;1H. The maximum Gasteiger partial charge on any atom is 0.242 e. The molecule has 112 valence electrons. The van der Waals surface area contributed by atoms with Gasteiger partial charge in [-0.1, -0.05) is 23.7 Å². The number of hydrogen-bond acceptors (Lipinski definition) is 3. The Bertz CT molecular complexity index is 567. The van der Waals surface area contributed by atoms with E-state index in [1.54, 1.807) is 24.3 Å². The van der Waals surface area contributed by atoms with Crippen LogP contribution in [0.1, 0.15) is 25.7 Å². The predicted octanol–water partition coefficient (Wildman–Crippen LogP) is 2.32. The highest BCUT2D eigenvalue weighted by molar-refractivity contribution is 7.89. The monoisotopic (exact) mass is 336 g/mol. The smallest absolute Gasteiger partial charge is 0.242 e. The summed E-state index contributed by atoms with van der Waals surface area (Å²) >= 11 is 5.96. The second-order valence-corrected chi connectivity index (χ2v) is 7.45. The molecule has 2 aliphatic rings. The van der Waals surface area contributed by atoms with Crippen molar-refractivity contribution in [2.24, 2.45) is 0 Å². The molecule has 0 radical (unpaired) electrons. The minimum absolute atomic E-state index is 0. The van der Waals surface area contributed by atoms with Crippen molar-refractivity contribution in [3.05, 3.63) is 29.3 Å². The van der Waals surface area contributed by atoms with E-state index < -0.39 is 10.0 Å². The number of halogens is 2. The van der Waals surface area contributed by atoms with Crippen molar-refractivity contribution in [3.8, 4) is 0 Å². The summed E-state index contributed by atoms with van der Waals surface area (Å²) in [6.45, 7) is 0. The molecule has 0 aromatic heterocycles. The van der Waals surface area contributed by atoms with Crippen LogP contribution in [0.15, 0.2) is 29.2 Å². The van der Waals surface area contributed by atoms with Crippen molar-refractivity contribution in [2.45, 2.75) is 48.7 Å². The third-order valence-corrected chi connectivity index (χ3v) is 5.94. The first-order chi connectivity index (χ1) is 9.04. The third-order valence-electron chi connectivity index (χ3n) is 3.92. The van der Waals surface area contributed by atoms with Crippen LogP contribution in [0.25, 0.3) is 0 Å². The number of rotatable bonds is 3. The average molecular weight is 337 g/mol. The van der Waals surface area contributed by atoms with E-state index in [1.807, 2.05) is 0 Å². The summed E-state index contributed by atoms with van der Waals surface area (Å²) in [4.78, 5) is 0.169. The lowest BCUT2D eigenvalue weighted by atomic mass is 10.0. The highest BCUT2D eigenvalue weighted by Crippen LogP contribution is 2.28. The Labute approximate surface area is 130 Å². The van der Waals surface area contributed by atoms with Crippen molar-refractivity contribution in [2.75, 3.05) is 0 Å². The Morgan fingerprint density at radius 1 is 1.15 bits per heavy atom. The molecule has 4 nitrogen and oxygen atoms in total. The van der Waals surface area contributed by atoms with Gasteiger partial charge in [0.25, 0.3) is 0 Å². The average Bonchev–Trinajstić information content (AvgIpc) is 2.68. The van der Waals surface area contributed by atoms with Crippen LogP contribution in [0.3, 0.4) is 0 Å². The third kappa shape index (κ3) is 3.28. The summed E-state index contributed by atoms with van der Waals surface area (Å²) in [7, 11) is -3.52. The van der Waals surface area contributed by atoms with E-state index in [2.05, 4.69) is 10.0 Å². The molecule has 1 aromatic carbocycles. The maximum atomic E-state index is 12.3. The SMILES string of the molecule is Cl.O=S(=O)(NC1CC2CCC(C1)N2)c1ccccc1Cl. The summed E-state index contributed by atoms with van der Waals surface area (Å²) in [5, 5.41) is 3.77. The van der Waals surface area contributed by atoms with Gasteiger partial charge in [0, 0.05) is 18.1 Å². The summed E-state index contributed by atoms with van der Waals surface area (Å²) in [5.41, 5.74) is 0. The van der Waals surface area contributed by atoms with Gasteiger partial charge in [0.1, 0.15) is 4.90 Å². The molecule has 3 rings (SSSR count). The van der Waals surface area contributed by atoms with Crippen molar-refractivity contribution in [1.29, 1.82) is 0 Å². The quantitative estimate of drug-likeness (QED) is 0.890. The van der Waals surface area contributed by atoms with Crippen LogP contribution >= 0.6 is 24.0 Å². The molecule has 0 aliphatic carbocycles. The molecular formula is C13H18Cl2N2O2S. The normalized spacial score (nSPS) is 28.9. The van der Waals surface area contributed by atoms with E-state index in [1.165, 1.54) is 0 Å². The number of hydrogen-bond donors (Lipinski definition) is 2. The Balaban J connectivity index is 0.00000147. The second kappa shape index (κ2) is 6.20. The number of nitrogens with one attached hydrogen (secondary N) is 2. The van der Waals surface area contributed by atoms with Crippen LogP contribution in [0.2, 0.25) is 5.02 Å². The van der Waals surface area contributed by atoms with E-state index in [9.17, 15) is 8.42 Å². The topological polar surface area (TPSA) is 58.2 Å². The Morgan fingerprint density at radius 2 is 1.75 bits per heavy atom. The van der Waals surface area contributed by atoms with Gasteiger partial charge in [-0.3, -0.25) is 0 Å². The first kappa shape index (κ1) is 16.0. The summed E-state index contributed by atoms with van der Waals surface area (Å²) in [6, 6.07) is 7.48. The molecule has 2 unspecified atom stereocenters. The zero-order valence-corrected chi connectivity index (χ0v) is 13.3. The fourth-order valence-electron chi connectivity index (χ4n) is 3.10. The summed E-state index contributed by atoms with van der Waals surface area (Å²) in [5.74, 6) is 0. The molecule has 1 aromatic rings. The molecule has 2 atom stereocenters. The van der Waals surface area contributed by atoms with Crippen molar-refractivity contribution >= 4 is 34.0 Å². The first-order valence-electron chi connectivity index (χ1n) is 6.57. The van der Waals surface area contributed by atoms with Gasteiger partial charge in [0.2, 0.25) is 10.0 Å². The largest absolute Gasteiger partial charge is 0.311 e. The maximum absolute atomic E-state index is 12.3. The van der Waals surface area contributed by atoms with Crippen LogP contribution in [-0.4, -0.2) is 26.5 Å². The van der Waals surface area contributed by atoms with E-state index in [4.69, 9.17) is 11.6 Å². The number of fused-ring (bicyclic) bond motifs is 2. The van der Waals surface area contributed by atoms with Gasteiger partial charge in [0.15, 0.2) is 0 Å². The highest BCUT2D eigenvalue weighted by Gasteiger charge is 2.35. The number of benzene rings is 1. The van der Waals surface area contributed by atoms with Gasteiger partial charge in [-0.2, -0.15) is 0 Å². The lowest BCUT2D eigenvalue weighted by Gasteiger charge is -2.29. The molecule has 2 bridgehead atoms. The minimum atomic E-state index is -3.52. The molecular weight excluding hydrogens is 319 g/mol. The van der Waals surface area contributed by atoms with Crippen LogP contribution in [0.5, 0.6) is 0 Å². The Morgan fingerprint density at radius 3 is 2.35 bits per heavy atom. The molecule has 20 heavy (non-hydrogen) atoms. The highest BCUT2D eigenvalue weighted by atomic mass is 35.5.